The van der Waals surface area contributed by atoms with Crippen molar-refractivity contribution in [1.29, 1.82) is 0 Å². The molecule has 0 saturated carbocycles. The van der Waals surface area contributed by atoms with E-state index in [2.05, 4.69) is 0 Å². The number of nitrogens with zero attached hydrogens (tertiary/aromatic N) is 4. The van der Waals surface area contributed by atoms with Crippen molar-refractivity contribution in [2.75, 3.05) is 0 Å². The molecule has 1 atom stereocenters. The fourth-order valence-corrected chi connectivity index (χ4v) is 4.78. The molecule has 4 rings (SSSR count). The van der Waals surface area contributed by atoms with E-state index in [9.17, 15) is 37.5 Å². The highest BCUT2D eigenvalue weighted by atomic mass is 35.5. The molecule has 0 aliphatic rings. The van der Waals surface area contributed by atoms with Gasteiger partial charge in [-0.3, -0.25) is 23.1 Å². The van der Waals surface area contributed by atoms with Gasteiger partial charge in [-0.15, -0.1) is 0 Å². The molecule has 0 spiro atoms. The number of fused-ring (bicyclic) bond motifs is 1. The van der Waals surface area contributed by atoms with Crippen molar-refractivity contribution < 1.29 is 23.1 Å². The highest BCUT2D eigenvalue weighted by molar-refractivity contribution is 6.32. The normalized spacial score (nSPS) is 12.7. The molecule has 0 fully saturated rings. The second-order valence-electron chi connectivity index (χ2n) is 8.98. The van der Waals surface area contributed by atoms with E-state index in [-0.39, 0.29) is 23.0 Å². The molecule has 0 N–H and O–H groups in total. The van der Waals surface area contributed by atoms with E-state index in [1.54, 1.807) is 17.6 Å². The number of alkyl halides is 3. The van der Waals surface area contributed by atoms with Crippen LogP contribution in [0.25, 0.3) is 16.7 Å². The quantitative estimate of drug-likeness (QED) is 0.343. The molecule has 0 bridgehead atoms. The van der Waals surface area contributed by atoms with Gasteiger partial charge in [-0.1, -0.05) is 30.7 Å². The first kappa shape index (κ1) is 28.0. The van der Waals surface area contributed by atoms with E-state index < -0.39 is 46.1 Å². The van der Waals surface area contributed by atoms with Gasteiger partial charge in [-0.25, -0.2) is 9.59 Å². The van der Waals surface area contributed by atoms with Gasteiger partial charge in [0, 0.05) is 18.8 Å². The molecule has 0 aliphatic carbocycles. The van der Waals surface area contributed by atoms with Crippen LogP contribution in [0, 0.1) is 0 Å². The molecule has 0 radical (unpaired) electrons. The lowest BCUT2D eigenvalue weighted by Gasteiger charge is -2.16. The molecule has 0 amide bonds. The maximum absolute atomic E-state index is 13.5. The fraction of sp³-hybridized carbons (Fsp3) is 0.308. The predicted octanol–water partition coefficient (Wildman–Crippen LogP) is 3.19. The van der Waals surface area contributed by atoms with Gasteiger partial charge >= 0.3 is 17.6 Å². The minimum Gasteiger partial charge on any atom is -0.545 e. The zero-order valence-electron chi connectivity index (χ0n) is 21.1. The molecule has 9 nitrogen and oxygen atoms in total. The monoisotopic (exact) mass is 563 g/mol. The van der Waals surface area contributed by atoms with Crippen LogP contribution in [-0.4, -0.2) is 24.2 Å². The highest BCUT2D eigenvalue weighted by Gasteiger charge is 2.34. The summed E-state index contributed by atoms with van der Waals surface area (Å²) in [5.74, 6) is -1.88. The Hall–Kier alpha value is -4.06. The average molecular weight is 564 g/mol. The van der Waals surface area contributed by atoms with Crippen LogP contribution in [0.3, 0.4) is 0 Å². The summed E-state index contributed by atoms with van der Waals surface area (Å²) in [7, 11) is 0. The SMILES string of the molecule is CCC(C)n1c(=O)n(CC)c2cc(-n3cc(C(=O)[O-])c(=O)n(Cc4cccc(C(F)(F)F)c4Cl)c3=O)ccc21. The van der Waals surface area contributed by atoms with E-state index in [4.69, 9.17) is 11.6 Å². The maximum atomic E-state index is 13.5. The standard InChI is InChI=1S/C26H24ClF3N4O5/c1-4-14(3)34-19-10-9-16(11-20(19)31(5-2)25(34)39)32-13-17(23(36)37)22(35)33(24(32)38)12-15-7-6-8-18(21(15)27)26(28,29)30/h6-11,13-14H,4-5,12H2,1-3H3,(H,36,37)/p-1. The molecule has 0 saturated heterocycles. The molecule has 2 aromatic heterocycles. The largest absolute Gasteiger partial charge is 0.545 e. The second-order valence-corrected chi connectivity index (χ2v) is 9.36. The number of imidazole rings is 1. The number of hydrogen-bond donors (Lipinski definition) is 0. The number of carboxylic acid groups (broad SMARTS) is 1. The summed E-state index contributed by atoms with van der Waals surface area (Å²) >= 11 is 5.95. The van der Waals surface area contributed by atoms with Crippen LogP contribution in [-0.2, 0) is 19.3 Å². The molecule has 0 aliphatic heterocycles. The van der Waals surface area contributed by atoms with E-state index >= 15 is 0 Å². The third kappa shape index (κ3) is 4.80. The third-order valence-electron chi connectivity index (χ3n) is 6.68. The van der Waals surface area contributed by atoms with Crippen LogP contribution in [0.4, 0.5) is 13.2 Å². The van der Waals surface area contributed by atoms with Crippen LogP contribution < -0.4 is 22.0 Å². The van der Waals surface area contributed by atoms with Gasteiger partial charge in [0.2, 0.25) is 0 Å². The van der Waals surface area contributed by atoms with Gasteiger partial charge in [0.05, 0.1) is 45.4 Å². The van der Waals surface area contributed by atoms with Crippen LogP contribution in [0.5, 0.6) is 0 Å². The number of aryl methyl sites for hydroxylation is 1. The smallest absolute Gasteiger partial charge is 0.417 e. The van der Waals surface area contributed by atoms with Crippen LogP contribution >= 0.6 is 11.6 Å². The first-order valence-corrected chi connectivity index (χ1v) is 12.4. The van der Waals surface area contributed by atoms with Crippen molar-refractivity contribution in [3.63, 3.8) is 0 Å². The zero-order chi connectivity index (χ0) is 28.8. The van der Waals surface area contributed by atoms with E-state index in [0.717, 1.165) is 22.9 Å². The summed E-state index contributed by atoms with van der Waals surface area (Å²) in [6.45, 7) is 5.18. The lowest BCUT2D eigenvalue weighted by Crippen LogP contribution is -2.44. The molecular formula is C26H23ClF3N4O5-. The number of aromatic nitrogens is 4. The van der Waals surface area contributed by atoms with Gasteiger partial charge in [-0.05, 0) is 50.1 Å². The Labute approximate surface area is 223 Å². The molecular weight excluding hydrogens is 541 g/mol. The number of halogens is 4. The summed E-state index contributed by atoms with van der Waals surface area (Å²) in [6, 6.07) is 7.48. The third-order valence-corrected chi connectivity index (χ3v) is 7.12. The summed E-state index contributed by atoms with van der Waals surface area (Å²) in [5.41, 5.74) is -3.62. The van der Waals surface area contributed by atoms with Crippen molar-refractivity contribution in [2.45, 2.75) is 52.5 Å². The number of carboxylic acids is 1. The van der Waals surface area contributed by atoms with Gasteiger partial charge < -0.3 is 9.90 Å². The summed E-state index contributed by atoms with van der Waals surface area (Å²) in [6.07, 6.45) is -3.31. The molecule has 2 heterocycles. The Morgan fingerprint density at radius 1 is 1.03 bits per heavy atom. The second kappa shape index (κ2) is 10.3. The maximum Gasteiger partial charge on any atom is 0.417 e. The van der Waals surface area contributed by atoms with E-state index in [1.807, 2.05) is 13.8 Å². The number of hydrogen-bond acceptors (Lipinski definition) is 5. The van der Waals surface area contributed by atoms with E-state index in [1.165, 1.54) is 22.8 Å². The topological polar surface area (TPSA) is 111 Å². The molecule has 1 unspecified atom stereocenters. The Morgan fingerprint density at radius 2 is 1.72 bits per heavy atom. The summed E-state index contributed by atoms with van der Waals surface area (Å²) < 4.78 is 44.5. The number of carbonyl (C=O) groups is 1. The minimum atomic E-state index is -4.79. The highest BCUT2D eigenvalue weighted by Crippen LogP contribution is 2.36. The van der Waals surface area contributed by atoms with Crippen molar-refractivity contribution in [2.24, 2.45) is 0 Å². The zero-order valence-corrected chi connectivity index (χ0v) is 21.8. The lowest BCUT2D eigenvalue weighted by molar-refractivity contribution is -0.255. The number of carbonyl (C=O) groups excluding carboxylic acids is 1. The minimum absolute atomic E-state index is 0.120. The van der Waals surface area contributed by atoms with Crippen LogP contribution in [0.1, 0.15) is 54.7 Å². The van der Waals surface area contributed by atoms with Crippen LogP contribution in [0.2, 0.25) is 5.02 Å². The first-order valence-electron chi connectivity index (χ1n) is 12.0. The van der Waals surface area contributed by atoms with Gasteiger partial charge in [0.15, 0.2) is 0 Å². The Kier molecular flexibility index (Phi) is 7.35. The number of rotatable bonds is 7. The van der Waals surface area contributed by atoms with Crippen molar-refractivity contribution >= 4 is 28.6 Å². The molecule has 13 heteroatoms. The Morgan fingerprint density at radius 3 is 2.31 bits per heavy atom. The lowest BCUT2D eigenvalue weighted by atomic mass is 10.1. The van der Waals surface area contributed by atoms with Gasteiger partial charge in [-0.2, -0.15) is 13.2 Å². The van der Waals surface area contributed by atoms with Crippen molar-refractivity contribution in [1.82, 2.24) is 18.3 Å². The fourth-order valence-electron chi connectivity index (χ4n) is 4.49. The van der Waals surface area contributed by atoms with Gasteiger partial charge in [0.1, 0.15) is 0 Å². The van der Waals surface area contributed by atoms with Gasteiger partial charge in [0.25, 0.3) is 5.56 Å². The molecule has 39 heavy (non-hydrogen) atoms. The molecule has 4 aromatic rings. The molecule has 206 valence electrons. The van der Waals surface area contributed by atoms with E-state index in [0.29, 0.717) is 28.6 Å². The van der Waals surface area contributed by atoms with Crippen LogP contribution in [0.15, 0.2) is 57.0 Å². The predicted molar refractivity (Wildman–Crippen MR) is 137 cm³/mol. The number of aromatic carboxylic acids is 1. The van der Waals surface area contributed by atoms with Crippen molar-refractivity contribution in [3.8, 4) is 5.69 Å². The Bertz CT molecular complexity index is 1780. The Balaban J connectivity index is 1.97. The summed E-state index contributed by atoms with van der Waals surface area (Å²) in [4.78, 5) is 51.2. The van der Waals surface area contributed by atoms with Crippen molar-refractivity contribution in [3.05, 3.63) is 95.6 Å². The first-order chi connectivity index (χ1) is 18.3. The summed E-state index contributed by atoms with van der Waals surface area (Å²) in [5, 5.41) is 11.1. The number of benzene rings is 2. The average Bonchev–Trinajstić information content (AvgIpc) is 3.16. The molecule has 2 aromatic carbocycles.